The minimum atomic E-state index is -0.798. The molecule has 4 heteroatoms. The van der Waals surface area contributed by atoms with Crippen molar-refractivity contribution in [1.29, 1.82) is 5.26 Å². The van der Waals surface area contributed by atoms with Crippen LogP contribution in [-0.4, -0.2) is 16.6 Å². The van der Waals surface area contributed by atoms with E-state index in [2.05, 4.69) is 0 Å². The molecule has 1 aromatic rings. The summed E-state index contributed by atoms with van der Waals surface area (Å²) >= 11 is 1.52. The predicted molar refractivity (Wildman–Crippen MR) is 66.2 cm³/mol. The van der Waals surface area contributed by atoms with Crippen LogP contribution in [0.5, 0.6) is 0 Å². The maximum absolute atomic E-state index is 11.6. The Balaban J connectivity index is 2.19. The standard InChI is InChI=1S/C13H11NO2S/c14-7-9-1-3-10(4-2-9)13(16)11-8-17-6-5-12(11)15/h1-6,11,13,16H,8H2/t11-,13-/m0/s1. The molecular weight excluding hydrogens is 234 g/mol. The zero-order chi connectivity index (χ0) is 12.3. The molecule has 0 fully saturated rings. The van der Waals surface area contributed by atoms with Crippen molar-refractivity contribution >= 4 is 17.5 Å². The first-order valence-electron chi connectivity index (χ1n) is 5.22. The topological polar surface area (TPSA) is 61.1 Å². The van der Waals surface area contributed by atoms with Gasteiger partial charge in [-0.15, -0.1) is 11.8 Å². The number of nitrogens with zero attached hydrogens (tertiary/aromatic N) is 1. The number of hydrogen-bond acceptors (Lipinski definition) is 4. The van der Waals surface area contributed by atoms with Crippen molar-refractivity contribution in [3.8, 4) is 6.07 Å². The quantitative estimate of drug-likeness (QED) is 0.866. The Bertz CT molecular complexity index is 487. The molecule has 2 rings (SSSR count). The highest BCUT2D eigenvalue weighted by molar-refractivity contribution is 8.02. The fourth-order valence-corrected chi connectivity index (χ4v) is 2.61. The molecule has 17 heavy (non-hydrogen) atoms. The normalized spacial score (nSPS) is 20.9. The minimum absolute atomic E-state index is 0.0411. The van der Waals surface area contributed by atoms with Gasteiger partial charge in [-0.1, -0.05) is 12.1 Å². The number of hydrogen-bond donors (Lipinski definition) is 1. The van der Waals surface area contributed by atoms with Gasteiger partial charge in [-0.25, -0.2) is 0 Å². The van der Waals surface area contributed by atoms with Crippen molar-refractivity contribution in [1.82, 2.24) is 0 Å². The van der Waals surface area contributed by atoms with Crippen molar-refractivity contribution in [2.75, 3.05) is 5.75 Å². The van der Waals surface area contributed by atoms with Crippen LogP contribution >= 0.6 is 11.8 Å². The molecule has 1 heterocycles. The van der Waals surface area contributed by atoms with E-state index in [1.807, 2.05) is 6.07 Å². The SMILES string of the molecule is N#Cc1ccc([C@H](O)[C@H]2CSC=CC2=O)cc1. The van der Waals surface area contributed by atoms with E-state index in [9.17, 15) is 9.90 Å². The number of nitriles is 1. The van der Waals surface area contributed by atoms with Gasteiger partial charge in [0.15, 0.2) is 5.78 Å². The summed E-state index contributed by atoms with van der Waals surface area (Å²) in [5.74, 6) is 0.162. The molecule has 1 aliphatic rings. The van der Waals surface area contributed by atoms with Crippen LogP contribution in [-0.2, 0) is 4.79 Å². The fourth-order valence-electron chi connectivity index (χ4n) is 1.71. The Labute approximate surface area is 104 Å². The van der Waals surface area contributed by atoms with Crippen LogP contribution in [0.1, 0.15) is 17.2 Å². The lowest BCUT2D eigenvalue weighted by molar-refractivity contribution is -0.120. The lowest BCUT2D eigenvalue weighted by Gasteiger charge is -2.22. The first kappa shape index (κ1) is 11.9. The van der Waals surface area contributed by atoms with E-state index in [-0.39, 0.29) is 5.78 Å². The van der Waals surface area contributed by atoms with E-state index in [1.54, 1.807) is 29.7 Å². The second kappa shape index (κ2) is 5.17. The highest BCUT2D eigenvalue weighted by Crippen LogP contribution is 2.29. The average molecular weight is 245 g/mol. The number of allylic oxidation sites excluding steroid dienone is 1. The molecule has 0 spiro atoms. The monoisotopic (exact) mass is 245 g/mol. The zero-order valence-corrected chi connectivity index (χ0v) is 9.85. The Morgan fingerprint density at radius 2 is 2.12 bits per heavy atom. The molecule has 1 aliphatic heterocycles. The van der Waals surface area contributed by atoms with Gasteiger partial charge in [-0.3, -0.25) is 4.79 Å². The summed E-state index contributed by atoms with van der Waals surface area (Å²) < 4.78 is 0. The second-order valence-corrected chi connectivity index (χ2v) is 4.76. The highest BCUT2D eigenvalue weighted by Gasteiger charge is 2.28. The van der Waals surface area contributed by atoms with Crippen molar-refractivity contribution < 1.29 is 9.90 Å². The molecule has 0 saturated carbocycles. The summed E-state index contributed by atoms with van der Waals surface area (Å²) in [4.78, 5) is 11.6. The molecule has 0 aromatic heterocycles. The van der Waals surface area contributed by atoms with E-state index in [0.717, 1.165) is 0 Å². The van der Waals surface area contributed by atoms with Crippen molar-refractivity contribution in [2.24, 2.45) is 5.92 Å². The average Bonchev–Trinajstić information content (AvgIpc) is 2.39. The van der Waals surface area contributed by atoms with Gasteiger partial charge in [-0.2, -0.15) is 5.26 Å². The first-order valence-corrected chi connectivity index (χ1v) is 6.27. The largest absolute Gasteiger partial charge is 0.388 e. The van der Waals surface area contributed by atoms with E-state index in [4.69, 9.17) is 5.26 Å². The van der Waals surface area contributed by atoms with Crippen LogP contribution in [0.3, 0.4) is 0 Å². The maximum atomic E-state index is 11.6. The lowest BCUT2D eigenvalue weighted by Crippen LogP contribution is -2.24. The number of carbonyl (C=O) groups excluding carboxylic acids is 1. The number of aliphatic hydroxyl groups is 1. The zero-order valence-electron chi connectivity index (χ0n) is 9.04. The van der Waals surface area contributed by atoms with Gasteiger partial charge in [-0.05, 0) is 29.2 Å². The Kier molecular flexibility index (Phi) is 3.62. The molecule has 0 radical (unpaired) electrons. The molecule has 2 atom stereocenters. The lowest BCUT2D eigenvalue weighted by atomic mass is 9.93. The summed E-state index contributed by atoms with van der Waals surface area (Å²) in [6.07, 6.45) is 0.707. The van der Waals surface area contributed by atoms with Gasteiger partial charge in [0.05, 0.1) is 23.7 Å². The van der Waals surface area contributed by atoms with Crippen LogP contribution < -0.4 is 0 Å². The van der Waals surface area contributed by atoms with E-state index in [0.29, 0.717) is 16.9 Å². The molecule has 1 aromatic carbocycles. The van der Waals surface area contributed by atoms with Gasteiger partial charge in [0.1, 0.15) is 0 Å². The molecule has 86 valence electrons. The summed E-state index contributed by atoms with van der Waals surface area (Å²) in [6, 6.07) is 8.70. The van der Waals surface area contributed by atoms with Gasteiger partial charge < -0.3 is 5.11 Å². The minimum Gasteiger partial charge on any atom is -0.388 e. The molecule has 0 aliphatic carbocycles. The molecule has 0 bridgehead atoms. The van der Waals surface area contributed by atoms with Gasteiger partial charge in [0.2, 0.25) is 0 Å². The first-order chi connectivity index (χ1) is 8.22. The Morgan fingerprint density at radius 1 is 1.41 bits per heavy atom. The maximum Gasteiger partial charge on any atom is 0.163 e. The predicted octanol–water partition coefficient (Wildman–Crippen LogP) is 2.04. The summed E-state index contributed by atoms with van der Waals surface area (Å²) in [6.45, 7) is 0. The van der Waals surface area contributed by atoms with E-state index in [1.165, 1.54) is 17.8 Å². The number of carbonyl (C=O) groups is 1. The van der Waals surface area contributed by atoms with Gasteiger partial charge in [0, 0.05) is 5.75 Å². The summed E-state index contributed by atoms with van der Waals surface area (Å²) in [5.41, 5.74) is 1.23. The molecular formula is C13H11NO2S. The molecule has 0 saturated heterocycles. The van der Waals surface area contributed by atoms with Crippen LogP contribution in [0.25, 0.3) is 0 Å². The molecule has 3 nitrogen and oxygen atoms in total. The van der Waals surface area contributed by atoms with Crippen molar-refractivity contribution in [2.45, 2.75) is 6.10 Å². The smallest absolute Gasteiger partial charge is 0.163 e. The molecule has 0 amide bonds. The number of aliphatic hydroxyl groups excluding tert-OH is 1. The second-order valence-electron chi connectivity index (χ2n) is 3.82. The van der Waals surface area contributed by atoms with Crippen LogP contribution in [0.15, 0.2) is 35.7 Å². The fraction of sp³-hybridized carbons (Fsp3) is 0.231. The summed E-state index contributed by atoms with van der Waals surface area (Å²) in [7, 11) is 0. The number of thioether (sulfide) groups is 1. The number of rotatable bonds is 2. The van der Waals surface area contributed by atoms with Crippen molar-refractivity contribution in [3.05, 3.63) is 46.9 Å². The van der Waals surface area contributed by atoms with Gasteiger partial charge in [0.25, 0.3) is 0 Å². The number of ketones is 1. The third kappa shape index (κ3) is 2.57. The van der Waals surface area contributed by atoms with E-state index < -0.39 is 12.0 Å². The van der Waals surface area contributed by atoms with Crippen LogP contribution in [0, 0.1) is 17.2 Å². The van der Waals surface area contributed by atoms with Crippen LogP contribution in [0.2, 0.25) is 0 Å². The summed E-state index contributed by atoms with van der Waals surface area (Å²) in [5, 5.41) is 20.6. The van der Waals surface area contributed by atoms with Crippen LogP contribution in [0.4, 0.5) is 0 Å². The Morgan fingerprint density at radius 3 is 2.71 bits per heavy atom. The third-order valence-corrected chi connectivity index (χ3v) is 3.61. The molecule has 0 unspecified atom stereocenters. The Hall–Kier alpha value is -1.57. The van der Waals surface area contributed by atoms with Crippen molar-refractivity contribution in [3.63, 3.8) is 0 Å². The molecule has 1 N–H and O–H groups in total. The highest BCUT2D eigenvalue weighted by atomic mass is 32.2. The third-order valence-electron chi connectivity index (χ3n) is 2.73. The van der Waals surface area contributed by atoms with E-state index >= 15 is 0 Å². The van der Waals surface area contributed by atoms with Gasteiger partial charge >= 0.3 is 0 Å². The number of benzene rings is 1.